The molecule has 4 nitrogen and oxygen atoms in total. The zero-order chi connectivity index (χ0) is 10.3. The molecule has 0 aromatic heterocycles. The van der Waals surface area contributed by atoms with Crippen LogP contribution in [0.25, 0.3) is 0 Å². The van der Waals surface area contributed by atoms with E-state index in [1.807, 2.05) is 0 Å². The van der Waals surface area contributed by atoms with E-state index >= 15 is 0 Å². The third-order valence-corrected chi connectivity index (χ3v) is 3.78. The van der Waals surface area contributed by atoms with Crippen molar-refractivity contribution in [1.82, 2.24) is 9.13 Å². The summed E-state index contributed by atoms with van der Waals surface area (Å²) in [5.41, 5.74) is 0. The van der Waals surface area contributed by atoms with Gasteiger partial charge in [-0.3, -0.25) is 0 Å². The Morgan fingerprint density at radius 2 is 0.929 bits per heavy atom. The molecule has 0 aromatic rings. The van der Waals surface area contributed by atoms with Crippen LogP contribution < -0.4 is 48.4 Å². The predicted octanol–water partition coefficient (Wildman–Crippen LogP) is -5.57. The van der Waals surface area contributed by atoms with Gasteiger partial charge in [0.15, 0.2) is 0 Å². The molecule has 0 radical (unpaired) electrons. The van der Waals surface area contributed by atoms with Crippen molar-refractivity contribution in [3.63, 3.8) is 0 Å². The molecule has 0 fully saturated rings. The van der Waals surface area contributed by atoms with E-state index in [0.29, 0.717) is 0 Å². The molecule has 0 spiro atoms. The van der Waals surface area contributed by atoms with Gasteiger partial charge < -0.3 is 20.9 Å². The van der Waals surface area contributed by atoms with Gasteiger partial charge in [0, 0.05) is 0 Å². The Morgan fingerprint density at radius 3 is 0.929 bits per heavy atom. The van der Waals surface area contributed by atoms with Crippen molar-refractivity contribution >= 4 is 17.7 Å². The van der Waals surface area contributed by atoms with E-state index < -0.39 is 17.7 Å². The maximum absolute atomic E-state index is 10.3. The van der Waals surface area contributed by atoms with Crippen molar-refractivity contribution in [1.29, 1.82) is 0 Å². The van der Waals surface area contributed by atoms with Crippen molar-refractivity contribution in [3.8, 4) is 0 Å². The van der Waals surface area contributed by atoms with Crippen LogP contribution in [0.4, 0.5) is 0 Å². The molecule has 0 aliphatic rings. The topological polar surface area (TPSA) is 40.6 Å². The molecule has 76 valence electrons. The SMILES string of the molecule is CN(C)[Si](C)=O.CN(C)[Si](C)=O.[H-].[H-].[Li+].[Na+]. The van der Waals surface area contributed by atoms with Gasteiger partial charge in [0.1, 0.15) is 0 Å². The van der Waals surface area contributed by atoms with Crippen molar-refractivity contribution < 1.29 is 60.2 Å². The summed E-state index contributed by atoms with van der Waals surface area (Å²) in [5, 5.41) is 0. The first-order valence-electron chi connectivity index (χ1n) is 3.64. The maximum atomic E-state index is 10.3. The van der Waals surface area contributed by atoms with Gasteiger partial charge in [-0.05, 0) is 41.3 Å². The Morgan fingerprint density at radius 1 is 0.857 bits per heavy atom. The minimum Gasteiger partial charge on any atom is -1.00 e. The van der Waals surface area contributed by atoms with Gasteiger partial charge in [-0.2, -0.15) is 0 Å². The summed E-state index contributed by atoms with van der Waals surface area (Å²) in [6.07, 6.45) is 0. The van der Waals surface area contributed by atoms with Gasteiger partial charge in [-0.1, -0.05) is 0 Å². The molecule has 0 aromatic carbocycles. The largest absolute Gasteiger partial charge is 1.00 e. The predicted molar refractivity (Wildman–Crippen MR) is 54.2 cm³/mol. The second kappa shape index (κ2) is 14.2. The fraction of sp³-hybridized carbons (Fsp3) is 1.00. The van der Waals surface area contributed by atoms with Crippen LogP contribution in [0, 0.1) is 0 Å². The molecule has 0 saturated carbocycles. The van der Waals surface area contributed by atoms with Crippen LogP contribution in [0.15, 0.2) is 0 Å². The molecule has 8 heteroatoms. The standard InChI is InChI=1S/2C3H9NOSi.Li.Na.2H/c2*1-4(2)6(3)5;;;;/h2*1-3H3;;;;/q;;2*+1;2*-1. The molecule has 0 amide bonds. The molecule has 0 rings (SSSR count). The molecular weight excluding hydrogens is 218 g/mol. The van der Waals surface area contributed by atoms with E-state index in [2.05, 4.69) is 0 Å². The van der Waals surface area contributed by atoms with E-state index in [1.54, 1.807) is 50.4 Å². The quantitative estimate of drug-likeness (QED) is 0.450. The summed E-state index contributed by atoms with van der Waals surface area (Å²) >= 11 is 0. The van der Waals surface area contributed by atoms with Crippen molar-refractivity contribution in [2.45, 2.75) is 13.1 Å². The molecule has 0 unspecified atom stereocenters. The van der Waals surface area contributed by atoms with E-state index in [-0.39, 0.29) is 51.3 Å². The Hall–Kier alpha value is 1.23. The van der Waals surface area contributed by atoms with E-state index in [9.17, 15) is 8.92 Å². The minimum atomic E-state index is -1.37. The molecule has 0 heterocycles. The van der Waals surface area contributed by atoms with Crippen LogP contribution in [0.2, 0.25) is 13.1 Å². The zero-order valence-electron chi connectivity index (χ0n) is 12.7. The summed E-state index contributed by atoms with van der Waals surface area (Å²) in [4.78, 5) is 0. The van der Waals surface area contributed by atoms with Crippen molar-refractivity contribution in [3.05, 3.63) is 0 Å². The molecule has 0 bridgehead atoms. The number of hydrogen-bond donors (Lipinski definition) is 0. The van der Waals surface area contributed by atoms with Crippen LogP contribution in [0.1, 0.15) is 2.85 Å². The molecule has 0 N–H and O–H groups in total. The monoisotopic (exact) mass is 238 g/mol. The second-order valence-electron chi connectivity index (χ2n) is 2.83. The van der Waals surface area contributed by atoms with Crippen LogP contribution in [0.3, 0.4) is 0 Å². The Kier molecular flexibility index (Phi) is 24.9. The maximum Gasteiger partial charge on any atom is 1.00 e. The average Bonchev–Trinajstić information content (AvgIpc) is 1.88. The van der Waals surface area contributed by atoms with E-state index in [1.165, 1.54) is 0 Å². The molecule has 0 aliphatic heterocycles. The van der Waals surface area contributed by atoms with Gasteiger partial charge in [0.2, 0.25) is 0 Å². The Balaban J connectivity index is -0.0000000250. The average molecular weight is 238 g/mol. The van der Waals surface area contributed by atoms with E-state index in [0.717, 1.165) is 0 Å². The summed E-state index contributed by atoms with van der Waals surface area (Å²) in [5.74, 6) is 0. The van der Waals surface area contributed by atoms with Crippen molar-refractivity contribution in [2.24, 2.45) is 0 Å². The molecule has 0 saturated heterocycles. The Labute approximate surface area is 127 Å². The fourth-order valence-corrected chi connectivity index (χ4v) is 0. The van der Waals surface area contributed by atoms with Crippen molar-refractivity contribution in [2.75, 3.05) is 28.2 Å². The smallest absolute Gasteiger partial charge is 1.00 e. The van der Waals surface area contributed by atoms with Crippen LogP contribution >= 0.6 is 0 Å². The molecular formula is C6H20LiN2NaO2Si2. The van der Waals surface area contributed by atoms with Gasteiger partial charge in [0.05, 0.1) is 0 Å². The molecule has 0 aliphatic carbocycles. The van der Waals surface area contributed by atoms with Gasteiger partial charge in [-0.25, -0.2) is 0 Å². The minimum absolute atomic E-state index is 0. The first-order chi connectivity index (χ1) is 5.29. The Bertz CT molecular complexity index is 161. The second-order valence-corrected chi connectivity index (χ2v) is 6.69. The summed E-state index contributed by atoms with van der Waals surface area (Å²) in [6, 6.07) is 0. The summed E-state index contributed by atoms with van der Waals surface area (Å²) < 4.78 is 23.9. The van der Waals surface area contributed by atoms with E-state index in [4.69, 9.17) is 0 Å². The molecule has 14 heavy (non-hydrogen) atoms. The van der Waals surface area contributed by atoms with Crippen LogP contribution in [-0.4, -0.2) is 55.0 Å². The van der Waals surface area contributed by atoms with Gasteiger partial charge in [0.25, 0.3) is 0 Å². The third kappa shape index (κ3) is 23.2. The normalized spacial score (nSPS) is 6.71. The fourth-order valence-electron chi connectivity index (χ4n) is 0. The molecule has 0 atom stereocenters. The van der Waals surface area contributed by atoms with Crippen LogP contribution in [0.5, 0.6) is 0 Å². The number of hydrogen-bond acceptors (Lipinski definition) is 2. The number of rotatable bonds is 2. The zero-order valence-corrected chi connectivity index (χ0v) is 14.7. The summed E-state index contributed by atoms with van der Waals surface area (Å²) in [7, 11) is 4.49. The van der Waals surface area contributed by atoms with Crippen LogP contribution in [-0.2, 0) is 8.92 Å². The summed E-state index contributed by atoms with van der Waals surface area (Å²) in [6.45, 7) is 3.43. The third-order valence-electron chi connectivity index (χ3n) is 1.26. The van der Waals surface area contributed by atoms with Gasteiger partial charge in [-0.15, -0.1) is 0 Å². The number of nitrogens with zero attached hydrogens (tertiary/aromatic N) is 2. The first-order valence-corrected chi connectivity index (χ1v) is 7.36. The van der Waals surface area contributed by atoms with Gasteiger partial charge >= 0.3 is 66.1 Å². The first kappa shape index (κ1) is 24.5.